The van der Waals surface area contributed by atoms with Crippen molar-refractivity contribution < 1.29 is 9.53 Å². The van der Waals surface area contributed by atoms with Gasteiger partial charge in [-0.05, 0) is 31.4 Å². The average molecular weight is 235 g/mol. The van der Waals surface area contributed by atoms with Crippen molar-refractivity contribution in [2.45, 2.75) is 31.9 Å². The number of aromatic nitrogens is 1. The molecule has 1 aliphatic heterocycles. The van der Waals surface area contributed by atoms with Gasteiger partial charge in [0.1, 0.15) is 11.4 Å². The zero-order chi connectivity index (χ0) is 12.3. The molecule has 1 atom stereocenters. The first-order valence-corrected chi connectivity index (χ1v) is 5.74. The molecule has 1 aromatic heterocycles. The second kappa shape index (κ2) is 4.81. The van der Waals surface area contributed by atoms with E-state index < -0.39 is 5.60 Å². The van der Waals surface area contributed by atoms with Gasteiger partial charge in [0.25, 0.3) is 5.91 Å². The van der Waals surface area contributed by atoms with Crippen LogP contribution >= 0.6 is 0 Å². The standard InChI is InChI=1S/C12H17N3O2/c1-12(5-2-6-17-12)11(16)15-10-4-3-9(7-13)8-14-10/h3-4,8H,2,5-7,13H2,1H3,(H,14,15,16). The van der Waals surface area contributed by atoms with Crippen LogP contribution in [0.5, 0.6) is 0 Å². The lowest BCUT2D eigenvalue weighted by Gasteiger charge is -2.21. The minimum absolute atomic E-state index is 0.136. The molecule has 0 radical (unpaired) electrons. The summed E-state index contributed by atoms with van der Waals surface area (Å²) in [5.74, 6) is 0.395. The Kier molecular flexibility index (Phi) is 3.40. The van der Waals surface area contributed by atoms with Gasteiger partial charge in [0.15, 0.2) is 0 Å². The maximum absolute atomic E-state index is 12.0. The van der Waals surface area contributed by atoms with E-state index in [4.69, 9.17) is 10.5 Å². The predicted molar refractivity (Wildman–Crippen MR) is 64.3 cm³/mol. The fourth-order valence-corrected chi connectivity index (χ4v) is 1.83. The zero-order valence-electron chi connectivity index (χ0n) is 9.90. The molecule has 5 nitrogen and oxygen atoms in total. The van der Waals surface area contributed by atoms with Crippen molar-refractivity contribution in [2.75, 3.05) is 11.9 Å². The molecule has 0 bridgehead atoms. The molecule has 17 heavy (non-hydrogen) atoms. The Bertz CT molecular complexity index is 397. The van der Waals surface area contributed by atoms with E-state index in [-0.39, 0.29) is 5.91 Å². The Morgan fingerprint density at radius 3 is 3.00 bits per heavy atom. The smallest absolute Gasteiger partial charge is 0.257 e. The fraction of sp³-hybridized carbons (Fsp3) is 0.500. The number of pyridine rings is 1. The van der Waals surface area contributed by atoms with E-state index in [9.17, 15) is 4.79 Å². The van der Waals surface area contributed by atoms with Crippen LogP contribution in [0.4, 0.5) is 5.82 Å². The Balaban J connectivity index is 2.02. The summed E-state index contributed by atoms with van der Waals surface area (Å²) in [6.45, 7) is 2.90. The highest BCUT2D eigenvalue weighted by Gasteiger charge is 2.37. The molecule has 1 aromatic rings. The van der Waals surface area contributed by atoms with Crippen LogP contribution in [0, 0.1) is 0 Å². The summed E-state index contributed by atoms with van der Waals surface area (Å²) in [6.07, 6.45) is 3.33. The molecule has 1 unspecified atom stereocenters. The third-order valence-corrected chi connectivity index (χ3v) is 3.00. The van der Waals surface area contributed by atoms with Crippen molar-refractivity contribution in [2.24, 2.45) is 5.73 Å². The molecule has 2 rings (SSSR count). The average Bonchev–Trinajstić information content (AvgIpc) is 2.78. The lowest BCUT2D eigenvalue weighted by atomic mass is 10.0. The number of nitrogens with zero attached hydrogens (tertiary/aromatic N) is 1. The highest BCUT2D eigenvalue weighted by atomic mass is 16.5. The van der Waals surface area contributed by atoms with Gasteiger partial charge >= 0.3 is 0 Å². The monoisotopic (exact) mass is 235 g/mol. The first-order valence-electron chi connectivity index (χ1n) is 5.74. The predicted octanol–water partition coefficient (Wildman–Crippen LogP) is 1.05. The zero-order valence-corrected chi connectivity index (χ0v) is 9.90. The molecular weight excluding hydrogens is 218 g/mol. The maximum atomic E-state index is 12.0. The number of rotatable bonds is 3. The molecule has 0 spiro atoms. The molecule has 0 saturated carbocycles. The van der Waals surface area contributed by atoms with E-state index in [1.165, 1.54) is 0 Å². The number of amides is 1. The second-order valence-electron chi connectivity index (χ2n) is 4.39. The van der Waals surface area contributed by atoms with Gasteiger partial charge in [-0.2, -0.15) is 0 Å². The quantitative estimate of drug-likeness (QED) is 0.820. The van der Waals surface area contributed by atoms with Crippen molar-refractivity contribution in [1.29, 1.82) is 0 Å². The van der Waals surface area contributed by atoms with Crippen LogP contribution in [0.3, 0.4) is 0 Å². The van der Waals surface area contributed by atoms with Crippen LogP contribution in [-0.4, -0.2) is 23.1 Å². The molecule has 5 heteroatoms. The van der Waals surface area contributed by atoms with E-state index in [0.29, 0.717) is 19.0 Å². The van der Waals surface area contributed by atoms with Crippen molar-refractivity contribution in [3.8, 4) is 0 Å². The molecule has 2 heterocycles. The Morgan fingerprint density at radius 2 is 2.47 bits per heavy atom. The number of ether oxygens (including phenoxy) is 1. The number of carbonyl (C=O) groups is 1. The number of carbonyl (C=O) groups excluding carboxylic acids is 1. The third kappa shape index (κ3) is 2.62. The normalized spacial score (nSPS) is 23.6. The van der Waals surface area contributed by atoms with Gasteiger partial charge in [-0.1, -0.05) is 6.07 Å². The molecule has 0 aromatic carbocycles. The van der Waals surface area contributed by atoms with E-state index >= 15 is 0 Å². The van der Waals surface area contributed by atoms with Crippen molar-refractivity contribution >= 4 is 11.7 Å². The molecule has 0 aliphatic carbocycles. The second-order valence-corrected chi connectivity index (χ2v) is 4.39. The number of anilines is 1. The first-order chi connectivity index (χ1) is 8.14. The largest absolute Gasteiger partial charge is 0.365 e. The summed E-state index contributed by atoms with van der Waals surface area (Å²) in [7, 11) is 0. The lowest BCUT2D eigenvalue weighted by Crippen LogP contribution is -2.39. The van der Waals surface area contributed by atoms with Gasteiger partial charge in [-0.25, -0.2) is 4.98 Å². The number of hydrogen-bond donors (Lipinski definition) is 2. The van der Waals surface area contributed by atoms with Crippen LogP contribution in [0.1, 0.15) is 25.3 Å². The number of nitrogens with one attached hydrogen (secondary N) is 1. The molecule has 1 saturated heterocycles. The van der Waals surface area contributed by atoms with Crippen LogP contribution < -0.4 is 11.1 Å². The lowest BCUT2D eigenvalue weighted by molar-refractivity contribution is -0.133. The minimum atomic E-state index is -0.714. The van der Waals surface area contributed by atoms with E-state index in [2.05, 4.69) is 10.3 Å². The van der Waals surface area contributed by atoms with Crippen LogP contribution in [0.2, 0.25) is 0 Å². The van der Waals surface area contributed by atoms with Gasteiger partial charge in [0.2, 0.25) is 0 Å². The van der Waals surface area contributed by atoms with E-state index in [1.807, 2.05) is 13.0 Å². The van der Waals surface area contributed by atoms with Gasteiger partial charge in [-0.15, -0.1) is 0 Å². The fourth-order valence-electron chi connectivity index (χ4n) is 1.83. The van der Waals surface area contributed by atoms with Crippen molar-refractivity contribution in [1.82, 2.24) is 4.98 Å². The third-order valence-electron chi connectivity index (χ3n) is 3.00. The summed E-state index contributed by atoms with van der Waals surface area (Å²) >= 11 is 0. The Hall–Kier alpha value is -1.46. The Morgan fingerprint density at radius 1 is 1.65 bits per heavy atom. The van der Waals surface area contributed by atoms with Gasteiger partial charge < -0.3 is 15.8 Å². The molecule has 3 N–H and O–H groups in total. The van der Waals surface area contributed by atoms with E-state index in [0.717, 1.165) is 18.4 Å². The van der Waals surface area contributed by atoms with Crippen LogP contribution in [0.15, 0.2) is 18.3 Å². The van der Waals surface area contributed by atoms with Gasteiger partial charge in [0.05, 0.1) is 0 Å². The van der Waals surface area contributed by atoms with Gasteiger partial charge in [-0.3, -0.25) is 4.79 Å². The van der Waals surface area contributed by atoms with Gasteiger partial charge in [0, 0.05) is 19.3 Å². The molecule has 92 valence electrons. The van der Waals surface area contributed by atoms with E-state index in [1.54, 1.807) is 12.3 Å². The molecule has 1 fully saturated rings. The summed E-state index contributed by atoms with van der Waals surface area (Å²) in [6, 6.07) is 3.60. The minimum Gasteiger partial charge on any atom is -0.365 e. The summed E-state index contributed by atoms with van der Waals surface area (Å²) in [4.78, 5) is 16.1. The molecule has 1 aliphatic rings. The molecular formula is C12H17N3O2. The molecule has 1 amide bonds. The highest BCUT2D eigenvalue weighted by Crippen LogP contribution is 2.26. The topological polar surface area (TPSA) is 77.2 Å². The van der Waals surface area contributed by atoms with Crippen LogP contribution in [0.25, 0.3) is 0 Å². The Labute approximate surface area is 100 Å². The summed E-state index contributed by atoms with van der Waals surface area (Å²) < 4.78 is 5.46. The summed E-state index contributed by atoms with van der Waals surface area (Å²) in [5, 5.41) is 2.76. The maximum Gasteiger partial charge on any atom is 0.257 e. The van der Waals surface area contributed by atoms with Crippen LogP contribution in [-0.2, 0) is 16.1 Å². The van der Waals surface area contributed by atoms with Crippen molar-refractivity contribution in [3.63, 3.8) is 0 Å². The van der Waals surface area contributed by atoms with Crippen molar-refractivity contribution in [3.05, 3.63) is 23.9 Å². The SMILES string of the molecule is CC1(C(=O)Nc2ccc(CN)cn2)CCCO1. The first kappa shape index (κ1) is 12.0. The number of nitrogens with two attached hydrogens (primary N) is 1. The summed E-state index contributed by atoms with van der Waals surface area (Å²) in [5.41, 5.74) is 5.70. The number of hydrogen-bond acceptors (Lipinski definition) is 4. The highest BCUT2D eigenvalue weighted by molar-refractivity contribution is 5.96.